The second-order valence-electron chi connectivity index (χ2n) is 7.44. The van der Waals surface area contributed by atoms with Crippen molar-refractivity contribution in [3.05, 3.63) is 45.1 Å². The lowest BCUT2D eigenvalue weighted by Crippen LogP contribution is -2.40. The second kappa shape index (κ2) is 7.77. The first kappa shape index (κ1) is 19.3. The van der Waals surface area contributed by atoms with Crippen LogP contribution in [0.1, 0.15) is 32.6 Å². The summed E-state index contributed by atoms with van der Waals surface area (Å²) in [6.07, 6.45) is 3.73. The van der Waals surface area contributed by atoms with Crippen molar-refractivity contribution in [2.75, 3.05) is 18.6 Å². The number of methoxy groups -OCH3 is 1. The maximum Gasteiger partial charge on any atom is 0.332 e. The van der Waals surface area contributed by atoms with Gasteiger partial charge in [0.25, 0.3) is 5.56 Å². The fourth-order valence-corrected chi connectivity index (χ4v) is 3.99. The summed E-state index contributed by atoms with van der Waals surface area (Å²) in [6, 6.07) is 7.78. The Balaban J connectivity index is 1.85. The van der Waals surface area contributed by atoms with Gasteiger partial charge in [0.05, 0.1) is 7.11 Å². The fraction of sp³-hybridized carbons (Fsp3) is 0.476. The first-order valence-electron chi connectivity index (χ1n) is 10.2. The van der Waals surface area contributed by atoms with Gasteiger partial charge in [-0.3, -0.25) is 13.9 Å². The molecule has 0 amide bonds. The molecule has 1 aliphatic heterocycles. The molecule has 8 nitrogen and oxygen atoms in total. The van der Waals surface area contributed by atoms with E-state index < -0.39 is 0 Å². The molecule has 154 valence electrons. The van der Waals surface area contributed by atoms with Crippen LogP contribution in [-0.4, -0.2) is 32.3 Å². The van der Waals surface area contributed by atoms with E-state index in [1.54, 1.807) is 14.2 Å². The molecule has 0 saturated heterocycles. The highest BCUT2D eigenvalue weighted by molar-refractivity contribution is 5.77. The molecule has 3 aromatic rings. The molecule has 0 radical (unpaired) electrons. The number of unbranched alkanes of at least 4 members (excludes halogenated alkanes) is 2. The summed E-state index contributed by atoms with van der Waals surface area (Å²) in [4.78, 5) is 32.8. The molecule has 0 spiro atoms. The molecule has 0 saturated carbocycles. The summed E-state index contributed by atoms with van der Waals surface area (Å²) >= 11 is 0. The van der Waals surface area contributed by atoms with E-state index in [0.29, 0.717) is 30.2 Å². The number of aromatic nitrogens is 4. The van der Waals surface area contributed by atoms with Crippen LogP contribution in [0, 0.1) is 0 Å². The fourth-order valence-electron chi connectivity index (χ4n) is 3.99. The van der Waals surface area contributed by atoms with Crippen molar-refractivity contribution < 1.29 is 4.74 Å². The highest BCUT2D eigenvalue weighted by atomic mass is 16.5. The van der Waals surface area contributed by atoms with Crippen molar-refractivity contribution in [2.24, 2.45) is 7.05 Å². The van der Waals surface area contributed by atoms with E-state index in [-0.39, 0.29) is 11.2 Å². The molecule has 0 unspecified atom stereocenters. The third kappa shape index (κ3) is 3.22. The quantitative estimate of drug-likeness (QED) is 0.598. The van der Waals surface area contributed by atoms with E-state index in [2.05, 4.69) is 11.8 Å². The Morgan fingerprint density at radius 3 is 2.55 bits per heavy atom. The van der Waals surface area contributed by atoms with Crippen LogP contribution < -0.4 is 20.9 Å². The molecule has 0 aliphatic carbocycles. The third-order valence-electron chi connectivity index (χ3n) is 5.59. The molecule has 0 N–H and O–H groups in total. The van der Waals surface area contributed by atoms with Gasteiger partial charge in [0.1, 0.15) is 5.75 Å². The van der Waals surface area contributed by atoms with Crippen molar-refractivity contribution in [3.8, 4) is 5.75 Å². The van der Waals surface area contributed by atoms with Crippen LogP contribution >= 0.6 is 0 Å². The van der Waals surface area contributed by atoms with Crippen LogP contribution in [0.4, 0.5) is 11.6 Å². The van der Waals surface area contributed by atoms with E-state index >= 15 is 0 Å². The van der Waals surface area contributed by atoms with Crippen molar-refractivity contribution in [1.82, 2.24) is 18.7 Å². The zero-order valence-corrected chi connectivity index (χ0v) is 17.2. The maximum atomic E-state index is 13.2. The van der Waals surface area contributed by atoms with E-state index in [1.165, 1.54) is 9.13 Å². The van der Waals surface area contributed by atoms with E-state index in [0.717, 1.165) is 43.7 Å². The van der Waals surface area contributed by atoms with Gasteiger partial charge in [-0.25, -0.2) is 4.79 Å². The van der Waals surface area contributed by atoms with E-state index in [4.69, 9.17) is 9.72 Å². The minimum Gasteiger partial charge on any atom is -0.497 e. The summed E-state index contributed by atoms with van der Waals surface area (Å²) in [6.45, 7) is 4.05. The van der Waals surface area contributed by atoms with Crippen LogP contribution in [0.5, 0.6) is 5.75 Å². The standard InChI is InChI=1S/C21H27N5O3/c1-4-5-6-12-26-19(27)17-18(23(2)21(26)28)22-20-24(13-7-14-25(17)20)15-8-10-16(29-3)11-9-15/h8-11H,4-7,12-14H2,1-3H3. The van der Waals surface area contributed by atoms with Gasteiger partial charge in [0.15, 0.2) is 11.2 Å². The highest BCUT2D eigenvalue weighted by Gasteiger charge is 2.26. The summed E-state index contributed by atoms with van der Waals surface area (Å²) in [5.74, 6) is 1.49. The minimum absolute atomic E-state index is 0.241. The van der Waals surface area contributed by atoms with Gasteiger partial charge in [-0.05, 0) is 37.1 Å². The Morgan fingerprint density at radius 1 is 1.10 bits per heavy atom. The largest absolute Gasteiger partial charge is 0.497 e. The number of hydrogen-bond donors (Lipinski definition) is 0. The predicted octanol–water partition coefficient (Wildman–Crippen LogP) is 2.64. The van der Waals surface area contributed by atoms with Crippen LogP contribution in [0.3, 0.4) is 0 Å². The first-order valence-corrected chi connectivity index (χ1v) is 10.2. The second-order valence-corrected chi connectivity index (χ2v) is 7.44. The molecular formula is C21H27N5O3. The zero-order valence-electron chi connectivity index (χ0n) is 17.2. The van der Waals surface area contributed by atoms with E-state index in [9.17, 15) is 9.59 Å². The Bertz CT molecular complexity index is 1140. The van der Waals surface area contributed by atoms with Gasteiger partial charge in [0, 0.05) is 32.4 Å². The van der Waals surface area contributed by atoms with Crippen LogP contribution in [0.2, 0.25) is 0 Å². The molecular weight excluding hydrogens is 370 g/mol. The Hall–Kier alpha value is -3.03. The lowest BCUT2D eigenvalue weighted by atomic mass is 10.2. The molecule has 0 bridgehead atoms. The highest BCUT2D eigenvalue weighted by Crippen LogP contribution is 2.31. The summed E-state index contributed by atoms with van der Waals surface area (Å²) in [5.41, 5.74) is 1.40. The average molecular weight is 397 g/mol. The summed E-state index contributed by atoms with van der Waals surface area (Å²) in [5, 5.41) is 0. The third-order valence-corrected chi connectivity index (χ3v) is 5.59. The number of ether oxygens (including phenoxy) is 1. The molecule has 0 fully saturated rings. The SMILES string of the molecule is CCCCCn1c(=O)c2c(nc3n2CCCN3c2ccc(OC)cc2)n(C)c1=O. The lowest BCUT2D eigenvalue weighted by Gasteiger charge is -2.29. The van der Waals surface area contributed by atoms with Crippen molar-refractivity contribution in [3.63, 3.8) is 0 Å². The van der Waals surface area contributed by atoms with Crippen molar-refractivity contribution in [2.45, 2.75) is 45.7 Å². The van der Waals surface area contributed by atoms with E-state index in [1.807, 2.05) is 28.8 Å². The van der Waals surface area contributed by atoms with Crippen LogP contribution in [-0.2, 0) is 20.1 Å². The number of anilines is 2. The van der Waals surface area contributed by atoms with Gasteiger partial charge < -0.3 is 14.2 Å². The number of aryl methyl sites for hydroxylation is 2. The molecule has 0 atom stereocenters. The average Bonchev–Trinajstić information content (AvgIpc) is 3.15. The van der Waals surface area contributed by atoms with Gasteiger partial charge in [-0.2, -0.15) is 4.98 Å². The zero-order chi connectivity index (χ0) is 20.5. The van der Waals surface area contributed by atoms with Crippen molar-refractivity contribution in [1.29, 1.82) is 0 Å². The molecule has 1 aromatic carbocycles. The molecule has 1 aliphatic rings. The Kier molecular flexibility index (Phi) is 5.17. The monoisotopic (exact) mass is 397 g/mol. The lowest BCUT2D eigenvalue weighted by molar-refractivity contribution is 0.415. The first-order chi connectivity index (χ1) is 14.1. The predicted molar refractivity (Wildman–Crippen MR) is 113 cm³/mol. The number of nitrogens with zero attached hydrogens (tertiary/aromatic N) is 5. The smallest absolute Gasteiger partial charge is 0.332 e. The molecule has 29 heavy (non-hydrogen) atoms. The topological polar surface area (TPSA) is 74.3 Å². The normalized spacial score (nSPS) is 13.7. The molecule has 8 heteroatoms. The van der Waals surface area contributed by atoms with Gasteiger partial charge >= 0.3 is 5.69 Å². The Labute approximate surface area is 169 Å². The number of fused-ring (bicyclic) bond motifs is 3. The molecule has 2 aromatic heterocycles. The molecule has 4 rings (SSSR count). The number of rotatable bonds is 6. The van der Waals surface area contributed by atoms with Crippen LogP contribution in [0.15, 0.2) is 33.9 Å². The maximum absolute atomic E-state index is 13.2. The van der Waals surface area contributed by atoms with Crippen LogP contribution in [0.25, 0.3) is 11.2 Å². The van der Waals surface area contributed by atoms with Gasteiger partial charge in [-0.15, -0.1) is 0 Å². The Morgan fingerprint density at radius 2 is 1.86 bits per heavy atom. The summed E-state index contributed by atoms with van der Waals surface area (Å²) in [7, 11) is 3.33. The number of benzene rings is 1. The van der Waals surface area contributed by atoms with Gasteiger partial charge in [-0.1, -0.05) is 19.8 Å². The molecule has 3 heterocycles. The van der Waals surface area contributed by atoms with Crippen molar-refractivity contribution >= 4 is 22.8 Å². The number of hydrogen-bond acceptors (Lipinski definition) is 5. The number of imidazole rings is 1. The summed E-state index contributed by atoms with van der Waals surface area (Å²) < 4.78 is 10.1. The minimum atomic E-state index is -0.301. The van der Waals surface area contributed by atoms with Gasteiger partial charge in [0.2, 0.25) is 5.95 Å².